The van der Waals surface area contributed by atoms with E-state index >= 15 is 0 Å². The first-order chi connectivity index (χ1) is 16.7. The second-order valence-corrected chi connectivity index (χ2v) is 11.5. The van der Waals surface area contributed by atoms with Gasteiger partial charge in [-0.15, -0.1) is 10.3 Å². The molecular formula is C28H32F2O4S. The van der Waals surface area contributed by atoms with Gasteiger partial charge in [0.1, 0.15) is 17.4 Å². The largest absolute Gasteiger partial charge is 0.497 e. The molecule has 0 fully saturated rings. The van der Waals surface area contributed by atoms with Gasteiger partial charge >= 0.3 is 5.97 Å². The van der Waals surface area contributed by atoms with Gasteiger partial charge in [-0.25, -0.2) is 8.78 Å². The van der Waals surface area contributed by atoms with Crippen molar-refractivity contribution < 1.29 is 27.6 Å². The van der Waals surface area contributed by atoms with Crippen molar-refractivity contribution in [2.75, 3.05) is 19.5 Å². The van der Waals surface area contributed by atoms with Crippen molar-refractivity contribution in [2.24, 2.45) is 5.92 Å². The van der Waals surface area contributed by atoms with Crippen LogP contribution in [0.5, 0.6) is 5.75 Å². The van der Waals surface area contributed by atoms with Gasteiger partial charge in [0.05, 0.1) is 19.6 Å². The van der Waals surface area contributed by atoms with Crippen molar-refractivity contribution in [2.45, 2.75) is 36.8 Å². The molecule has 188 valence electrons. The molecule has 35 heavy (non-hydrogen) atoms. The number of methoxy groups -OCH3 is 1. The smallest absolute Gasteiger partial charge is 0.313 e. The fourth-order valence-corrected chi connectivity index (χ4v) is 6.97. The minimum Gasteiger partial charge on any atom is -0.497 e. The predicted octanol–water partition coefficient (Wildman–Crippen LogP) is 7.18. The molecule has 0 aliphatic rings. The third-order valence-electron chi connectivity index (χ3n) is 5.94. The quantitative estimate of drug-likeness (QED) is 0.282. The van der Waals surface area contributed by atoms with Gasteiger partial charge in [0, 0.05) is 22.5 Å². The lowest BCUT2D eigenvalue weighted by molar-refractivity contribution is -0.145. The zero-order valence-electron chi connectivity index (χ0n) is 20.2. The summed E-state index contributed by atoms with van der Waals surface area (Å²) in [6.45, 7) is 3.93. The topological polar surface area (TPSA) is 55.8 Å². The van der Waals surface area contributed by atoms with E-state index in [1.807, 2.05) is 49.4 Å². The first-order valence-corrected chi connectivity index (χ1v) is 13.5. The highest BCUT2D eigenvalue weighted by Gasteiger charge is 2.30. The van der Waals surface area contributed by atoms with E-state index in [4.69, 9.17) is 9.47 Å². The molecule has 3 rings (SSSR count). The fraction of sp³-hybridized carbons (Fsp3) is 0.321. The Kier molecular flexibility index (Phi) is 9.29. The summed E-state index contributed by atoms with van der Waals surface area (Å²) >= 11 is 0. The van der Waals surface area contributed by atoms with E-state index in [9.17, 15) is 18.1 Å². The molecule has 4 nitrogen and oxygen atoms in total. The van der Waals surface area contributed by atoms with Crippen molar-refractivity contribution in [3.05, 3.63) is 95.6 Å². The second kappa shape index (κ2) is 12.2. The Hall–Kier alpha value is -2.90. The normalized spacial score (nSPS) is 15.5. The Morgan fingerprint density at radius 1 is 1.00 bits per heavy atom. The number of rotatable bonds is 11. The van der Waals surface area contributed by atoms with E-state index in [2.05, 4.69) is 0 Å². The average Bonchev–Trinajstić information content (AvgIpc) is 2.84. The van der Waals surface area contributed by atoms with Crippen LogP contribution >= 0.6 is 10.3 Å². The SMILES string of the molecule is COc1ccc(CS(O)(C[C@@H](C)CCOC(=O)[C@@H](C)c2ccccc2)c2ccc(F)cc2F)cc1. The molecule has 0 saturated heterocycles. The first kappa shape index (κ1) is 26.7. The van der Waals surface area contributed by atoms with Crippen LogP contribution in [0.3, 0.4) is 0 Å². The number of ether oxygens (including phenoxy) is 2. The molecule has 0 aliphatic heterocycles. The van der Waals surface area contributed by atoms with Crippen molar-refractivity contribution in [3.8, 4) is 5.75 Å². The predicted molar refractivity (Wildman–Crippen MR) is 136 cm³/mol. The minimum absolute atomic E-state index is 0.0717. The number of benzene rings is 3. The summed E-state index contributed by atoms with van der Waals surface area (Å²) < 4.78 is 50.7. The standard InChI is InChI=1S/C28H32F2O4S/c1-20(15-16-34-28(31)21(2)23-7-5-4-6-8-23)18-35(32,27-14-11-24(29)17-26(27)30)19-22-9-12-25(33-3)13-10-22/h4-14,17,20-21,32H,15-16,18-19H2,1-3H3/t20-,21-/m0/s1. The Labute approximate surface area is 207 Å². The first-order valence-electron chi connectivity index (χ1n) is 11.5. The Balaban J connectivity index is 1.68. The van der Waals surface area contributed by atoms with E-state index < -0.39 is 21.9 Å². The van der Waals surface area contributed by atoms with Crippen LogP contribution in [-0.2, 0) is 15.3 Å². The molecule has 3 aromatic carbocycles. The van der Waals surface area contributed by atoms with Gasteiger partial charge < -0.3 is 14.0 Å². The molecule has 3 atom stereocenters. The molecule has 1 unspecified atom stereocenters. The van der Waals surface area contributed by atoms with Crippen LogP contribution in [0.25, 0.3) is 0 Å². The number of hydrogen-bond donors (Lipinski definition) is 1. The number of esters is 1. The van der Waals surface area contributed by atoms with E-state index in [-0.39, 0.29) is 40.8 Å². The fourth-order valence-electron chi connectivity index (χ4n) is 3.92. The molecule has 0 saturated carbocycles. The molecule has 0 amide bonds. The Bertz CT molecular complexity index is 1110. The number of carbonyl (C=O) groups is 1. The summed E-state index contributed by atoms with van der Waals surface area (Å²) in [5.74, 6) is -1.03. The second-order valence-electron chi connectivity index (χ2n) is 8.77. The van der Waals surface area contributed by atoms with Crippen LogP contribution in [0.15, 0.2) is 77.7 Å². The maximum atomic E-state index is 14.8. The van der Waals surface area contributed by atoms with Gasteiger partial charge in [-0.05, 0) is 54.7 Å². The van der Waals surface area contributed by atoms with Crippen molar-refractivity contribution in [3.63, 3.8) is 0 Å². The number of carbonyl (C=O) groups excluding carboxylic acids is 1. The molecule has 0 spiro atoms. The summed E-state index contributed by atoms with van der Waals surface area (Å²) in [7, 11) is -1.10. The average molecular weight is 503 g/mol. The highest BCUT2D eigenvalue weighted by Crippen LogP contribution is 2.57. The molecule has 3 aromatic rings. The van der Waals surface area contributed by atoms with Crippen LogP contribution in [0.4, 0.5) is 8.78 Å². The lowest BCUT2D eigenvalue weighted by Gasteiger charge is -2.37. The maximum Gasteiger partial charge on any atom is 0.313 e. The highest BCUT2D eigenvalue weighted by atomic mass is 32.3. The van der Waals surface area contributed by atoms with Crippen LogP contribution < -0.4 is 4.74 Å². The van der Waals surface area contributed by atoms with E-state index in [1.54, 1.807) is 26.2 Å². The van der Waals surface area contributed by atoms with Crippen LogP contribution in [0.1, 0.15) is 37.3 Å². The molecule has 0 radical (unpaired) electrons. The van der Waals surface area contributed by atoms with E-state index in [1.165, 1.54) is 12.1 Å². The summed E-state index contributed by atoms with van der Waals surface area (Å²) in [5.41, 5.74) is 1.71. The highest BCUT2D eigenvalue weighted by molar-refractivity contribution is 8.28. The molecule has 7 heteroatoms. The summed E-state index contributed by atoms with van der Waals surface area (Å²) in [6, 6.07) is 19.9. The van der Waals surface area contributed by atoms with Gasteiger partial charge in [-0.2, -0.15) is 0 Å². The molecule has 0 bridgehead atoms. The Morgan fingerprint density at radius 2 is 1.69 bits per heavy atom. The monoisotopic (exact) mass is 502 g/mol. The number of halogens is 2. The maximum absolute atomic E-state index is 14.8. The van der Waals surface area contributed by atoms with Gasteiger partial charge in [0.15, 0.2) is 0 Å². The van der Waals surface area contributed by atoms with Crippen molar-refractivity contribution in [1.82, 2.24) is 0 Å². The van der Waals surface area contributed by atoms with Gasteiger partial charge in [0.2, 0.25) is 0 Å². The third kappa shape index (κ3) is 7.29. The molecule has 0 aromatic heterocycles. The zero-order valence-corrected chi connectivity index (χ0v) is 21.1. The van der Waals surface area contributed by atoms with Gasteiger partial charge in [-0.3, -0.25) is 4.79 Å². The molecule has 0 aliphatic carbocycles. The Morgan fingerprint density at radius 3 is 2.31 bits per heavy atom. The number of hydrogen-bond acceptors (Lipinski definition) is 4. The molecular weight excluding hydrogens is 470 g/mol. The lowest BCUT2D eigenvalue weighted by atomic mass is 10.0. The summed E-state index contributed by atoms with van der Waals surface area (Å²) in [4.78, 5) is 12.6. The summed E-state index contributed by atoms with van der Waals surface area (Å²) in [6.07, 6.45) is 0.508. The minimum atomic E-state index is -2.67. The van der Waals surface area contributed by atoms with Crippen LogP contribution in [0.2, 0.25) is 0 Å². The zero-order chi connectivity index (χ0) is 25.4. The lowest BCUT2D eigenvalue weighted by Crippen LogP contribution is -2.19. The molecule has 1 N–H and O–H groups in total. The van der Waals surface area contributed by atoms with Crippen molar-refractivity contribution >= 4 is 16.3 Å². The van der Waals surface area contributed by atoms with Gasteiger partial charge in [-0.1, -0.05) is 49.4 Å². The summed E-state index contributed by atoms with van der Waals surface area (Å²) in [5, 5.41) is 0. The molecule has 0 heterocycles. The third-order valence-corrected chi connectivity index (χ3v) is 9.02. The van der Waals surface area contributed by atoms with E-state index in [0.29, 0.717) is 12.2 Å². The van der Waals surface area contributed by atoms with Crippen LogP contribution in [-0.4, -0.2) is 30.0 Å². The van der Waals surface area contributed by atoms with Crippen LogP contribution in [0, 0.1) is 17.6 Å². The van der Waals surface area contributed by atoms with Crippen molar-refractivity contribution in [1.29, 1.82) is 0 Å². The van der Waals surface area contributed by atoms with E-state index in [0.717, 1.165) is 17.2 Å². The van der Waals surface area contributed by atoms with Gasteiger partial charge in [0.25, 0.3) is 0 Å².